The van der Waals surface area contributed by atoms with Crippen molar-refractivity contribution in [3.63, 3.8) is 0 Å². The minimum atomic E-state index is -1.04. The highest BCUT2D eigenvalue weighted by Gasteiger charge is 2.22. The van der Waals surface area contributed by atoms with E-state index in [0.717, 1.165) is 10.9 Å². The van der Waals surface area contributed by atoms with Crippen molar-refractivity contribution in [2.45, 2.75) is 20.3 Å². The number of fused-ring (bicyclic) bond motifs is 1. The first kappa shape index (κ1) is 12.5. The number of methoxy groups -OCH3 is 1. The molecule has 4 nitrogen and oxygen atoms in total. The molecular formula is C14H16O4. The predicted octanol–water partition coefficient (Wildman–Crippen LogP) is 3.34. The van der Waals surface area contributed by atoms with Crippen LogP contribution in [0.15, 0.2) is 22.6 Å². The molecule has 0 spiro atoms. The van der Waals surface area contributed by atoms with Crippen molar-refractivity contribution in [2.75, 3.05) is 7.11 Å². The van der Waals surface area contributed by atoms with Crippen LogP contribution in [0.5, 0.6) is 5.75 Å². The Balaban J connectivity index is 2.71. The number of carbonyl (C=O) groups is 1. The fourth-order valence-corrected chi connectivity index (χ4v) is 2.09. The summed E-state index contributed by atoms with van der Waals surface area (Å²) in [6, 6.07) is 5.47. The van der Waals surface area contributed by atoms with Crippen LogP contribution >= 0.6 is 0 Å². The summed E-state index contributed by atoms with van der Waals surface area (Å²) < 4.78 is 10.7. The van der Waals surface area contributed by atoms with Gasteiger partial charge in [-0.15, -0.1) is 0 Å². The van der Waals surface area contributed by atoms with Crippen molar-refractivity contribution in [3.05, 3.63) is 29.5 Å². The van der Waals surface area contributed by atoms with Gasteiger partial charge in [-0.2, -0.15) is 0 Å². The van der Waals surface area contributed by atoms with E-state index < -0.39 is 5.97 Å². The number of carboxylic acids is 1. The first-order chi connectivity index (χ1) is 8.54. The number of carboxylic acid groups (broad SMARTS) is 1. The second-order valence-electron chi connectivity index (χ2n) is 4.65. The lowest BCUT2D eigenvalue weighted by atomic mass is 10.00. The van der Waals surface area contributed by atoms with E-state index in [9.17, 15) is 9.90 Å². The molecule has 0 saturated heterocycles. The largest absolute Gasteiger partial charge is 0.493 e. The van der Waals surface area contributed by atoms with Crippen LogP contribution in [0, 0.1) is 5.92 Å². The van der Waals surface area contributed by atoms with Gasteiger partial charge in [-0.3, -0.25) is 0 Å². The zero-order valence-corrected chi connectivity index (χ0v) is 10.7. The van der Waals surface area contributed by atoms with Crippen LogP contribution in [0.3, 0.4) is 0 Å². The molecule has 1 aromatic heterocycles. The number of para-hydroxylation sites is 1. The second kappa shape index (κ2) is 4.72. The molecule has 1 N–H and O–H groups in total. The number of aromatic carboxylic acids is 1. The van der Waals surface area contributed by atoms with Crippen LogP contribution in [0.25, 0.3) is 11.0 Å². The maximum Gasteiger partial charge on any atom is 0.372 e. The van der Waals surface area contributed by atoms with Crippen LogP contribution in [0.4, 0.5) is 0 Å². The van der Waals surface area contributed by atoms with Gasteiger partial charge in [0, 0.05) is 10.9 Å². The van der Waals surface area contributed by atoms with Gasteiger partial charge in [-0.05, 0) is 18.4 Å². The second-order valence-corrected chi connectivity index (χ2v) is 4.65. The Morgan fingerprint density at radius 1 is 1.44 bits per heavy atom. The van der Waals surface area contributed by atoms with Crippen LogP contribution in [0.2, 0.25) is 0 Å². The fraction of sp³-hybridized carbons (Fsp3) is 0.357. The van der Waals surface area contributed by atoms with Crippen LogP contribution in [-0.4, -0.2) is 18.2 Å². The molecule has 0 bridgehead atoms. The van der Waals surface area contributed by atoms with Crippen molar-refractivity contribution < 1.29 is 19.1 Å². The molecule has 96 valence electrons. The highest BCUT2D eigenvalue weighted by molar-refractivity contribution is 5.97. The Morgan fingerprint density at radius 3 is 2.72 bits per heavy atom. The molecule has 0 unspecified atom stereocenters. The normalized spacial score (nSPS) is 11.1. The smallest absolute Gasteiger partial charge is 0.372 e. The minimum absolute atomic E-state index is 0.0169. The lowest BCUT2D eigenvalue weighted by Gasteiger charge is -2.04. The first-order valence-corrected chi connectivity index (χ1v) is 5.86. The predicted molar refractivity (Wildman–Crippen MR) is 68.3 cm³/mol. The summed E-state index contributed by atoms with van der Waals surface area (Å²) in [4.78, 5) is 11.2. The molecule has 0 fully saturated rings. The molecule has 0 saturated carbocycles. The van der Waals surface area contributed by atoms with Crippen LogP contribution < -0.4 is 4.74 Å². The maximum absolute atomic E-state index is 11.2. The van der Waals surface area contributed by atoms with Crippen LogP contribution in [0.1, 0.15) is 30.0 Å². The van der Waals surface area contributed by atoms with E-state index in [4.69, 9.17) is 9.15 Å². The summed E-state index contributed by atoms with van der Waals surface area (Å²) in [5.41, 5.74) is 1.25. The third kappa shape index (κ3) is 2.06. The highest BCUT2D eigenvalue weighted by Crippen LogP contribution is 2.34. The summed E-state index contributed by atoms with van der Waals surface area (Å²) in [5, 5.41) is 10.0. The summed E-state index contributed by atoms with van der Waals surface area (Å²) in [6.07, 6.45) is 0.668. The SMILES string of the molecule is COc1cccc2c(CC(C)C)c(C(=O)O)oc12. The Bertz CT molecular complexity index is 581. The molecule has 0 atom stereocenters. The number of hydrogen-bond acceptors (Lipinski definition) is 3. The number of rotatable bonds is 4. The van der Waals surface area contributed by atoms with Gasteiger partial charge in [0.1, 0.15) is 0 Å². The number of ether oxygens (including phenoxy) is 1. The van der Waals surface area contributed by atoms with E-state index in [1.165, 1.54) is 0 Å². The maximum atomic E-state index is 11.2. The summed E-state index contributed by atoms with van der Waals surface area (Å²) >= 11 is 0. The molecule has 1 heterocycles. The fourth-order valence-electron chi connectivity index (χ4n) is 2.09. The van der Waals surface area contributed by atoms with Crippen molar-refractivity contribution in [3.8, 4) is 5.75 Å². The summed E-state index contributed by atoms with van der Waals surface area (Å²) in [6.45, 7) is 4.09. The molecule has 0 aliphatic rings. The van der Waals surface area contributed by atoms with E-state index in [1.54, 1.807) is 13.2 Å². The number of hydrogen-bond donors (Lipinski definition) is 1. The molecule has 0 radical (unpaired) electrons. The third-order valence-corrected chi connectivity index (χ3v) is 2.81. The quantitative estimate of drug-likeness (QED) is 0.901. The van der Waals surface area contributed by atoms with E-state index >= 15 is 0 Å². The Labute approximate surface area is 105 Å². The van der Waals surface area contributed by atoms with Gasteiger partial charge in [0.2, 0.25) is 5.76 Å². The summed E-state index contributed by atoms with van der Waals surface area (Å²) in [7, 11) is 1.54. The van der Waals surface area contributed by atoms with Crippen molar-refractivity contribution >= 4 is 16.9 Å². The van der Waals surface area contributed by atoms with Crippen molar-refractivity contribution in [1.82, 2.24) is 0 Å². The van der Waals surface area contributed by atoms with Crippen LogP contribution in [-0.2, 0) is 6.42 Å². The molecular weight excluding hydrogens is 232 g/mol. The van der Waals surface area contributed by atoms with Gasteiger partial charge in [0.25, 0.3) is 0 Å². The lowest BCUT2D eigenvalue weighted by Crippen LogP contribution is -2.02. The zero-order valence-electron chi connectivity index (χ0n) is 10.7. The zero-order chi connectivity index (χ0) is 13.3. The monoisotopic (exact) mass is 248 g/mol. The molecule has 1 aromatic carbocycles. The number of benzene rings is 1. The third-order valence-electron chi connectivity index (χ3n) is 2.81. The lowest BCUT2D eigenvalue weighted by molar-refractivity contribution is 0.0663. The topological polar surface area (TPSA) is 59.7 Å². The molecule has 2 aromatic rings. The molecule has 2 rings (SSSR count). The molecule has 0 amide bonds. The average molecular weight is 248 g/mol. The van der Waals surface area contributed by atoms with Gasteiger partial charge >= 0.3 is 5.97 Å². The standard InChI is InChI=1S/C14H16O4/c1-8(2)7-10-9-5-4-6-11(17-3)12(9)18-13(10)14(15)16/h4-6,8H,7H2,1-3H3,(H,15,16). The Kier molecular flexibility index (Phi) is 3.28. The van der Waals surface area contributed by atoms with Crippen molar-refractivity contribution in [2.24, 2.45) is 5.92 Å². The Morgan fingerprint density at radius 2 is 2.17 bits per heavy atom. The Hall–Kier alpha value is -1.97. The van der Waals surface area contributed by atoms with Crippen molar-refractivity contribution in [1.29, 1.82) is 0 Å². The van der Waals surface area contributed by atoms with E-state index in [-0.39, 0.29) is 5.76 Å². The van der Waals surface area contributed by atoms with Gasteiger partial charge in [-0.1, -0.05) is 26.0 Å². The average Bonchev–Trinajstić information content (AvgIpc) is 2.67. The summed E-state index contributed by atoms with van der Waals surface area (Å²) in [5.74, 6) is -0.104. The van der Waals surface area contributed by atoms with E-state index in [2.05, 4.69) is 0 Å². The van der Waals surface area contributed by atoms with E-state index in [0.29, 0.717) is 23.7 Å². The highest BCUT2D eigenvalue weighted by atomic mass is 16.5. The molecule has 4 heteroatoms. The van der Waals surface area contributed by atoms with E-state index in [1.807, 2.05) is 26.0 Å². The molecule has 0 aliphatic carbocycles. The van der Waals surface area contributed by atoms with Gasteiger partial charge in [0.05, 0.1) is 7.11 Å². The van der Waals surface area contributed by atoms with Gasteiger partial charge in [0.15, 0.2) is 11.3 Å². The van der Waals surface area contributed by atoms with Gasteiger partial charge < -0.3 is 14.3 Å². The number of furan rings is 1. The van der Waals surface area contributed by atoms with Gasteiger partial charge in [-0.25, -0.2) is 4.79 Å². The molecule has 18 heavy (non-hydrogen) atoms. The minimum Gasteiger partial charge on any atom is -0.493 e. The first-order valence-electron chi connectivity index (χ1n) is 5.86. The molecule has 0 aliphatic heterocycles.